The summed E-state index contributed by atoms with van der Waals surface area (Å²) in [6.07, 6.45) is 0. The lowest BCUT2D eigenvalue weighted by Gasteiger charge is -2.06. The second-order valence-electron chi connectivity index (χ2n) is 4.39. The van der Waals surface area contributed by atoms with E-state index < -0.39 is 0 Å². The third kappa shape index (κ3) is 4.05. The van der Waals surface area contributed by atoms with E-state index in [1.807, 2.05) is 6.92 Å². The van der Waals surface area contributed by atoms with Crippen molar-refractivity contribution in [1.29, 1.82) is 0 Å². The van der Waals surface area contributed by atoms with Crippen LogP contribution in [0.15, 0.2) is 28.4 Å². The average Bonchev–Trinajstić information content (AvgIpc) is 2.89. The molecule has 1 heterocycles. The number of hydrogen-bond acceptors (Lipinski definition) is 4. The van der Waals surface area contributed by atoms with Crippen molar-refractivity contribution >= 4 is 17.2 Å². The molecular formula is C15H15N3O2S. The molecule has 6 heteroatoms. The Bertz CT molecular complexity index is 765. The highest BCUT2D eigenvalue weighted by atomic mass is 32.1. The van der Waals surface area contributed by atoms with Crippen LogP contribution in [-0.4, -0.2) is 17.4 Å². The molecule has 1 amide bonds. The Labute approximate surface area is 126 Å². The van der Waals surface area contributed by atoms with E-state index in [-0.39, 0.29) is 10.8 Å². The first-order valence-corrected chi connectivity index (χ1v) is 7.22. The summed E-state index contributed by atoms with van der Waals surface area (Å²) in [5, 5.41) is 4.45. The Balaban J connectivity index is 2.05. The Morgan fingerprint density at radius 1 is 1.48 bits per heavy atom. The predicted molar refractivity (Wildman–Crippen MR) is 83.2 cm³/mol. The quantitative estimate of drug-likeness (QED) is 0.739. The summed E-state index contributed by atoms with van der Waals surface area (Å²) >= 11 is 1.08. The van der Waals surface area contributed by atoms with Gasteiger partial charge in [-0.05, 0) is 30.7 Å². The number of aromatic nitrogens is 1. The Kier molecular flexibility index (Phi) is 4.93. The maximum atomic E-state index is 12.0. The molecule has 2 aromatic rings. The van der Waals surface area contributed by atoms with E-state index in [0.717, 1.165) is 22.5 Å². The molecule has 0 saturated heterocycles. The van der Waals surface area contributed by atoms with Crippen LogP contribution in [0.25, 0.3) is 0 Å². The maximum absolute atomic E-state index is 12.0. The molecule has 0 aliphatic carbocycles. The third-order valence-corrected chi connectivity index (χ3v) is 3.54. The van der Waals surface area contributed by atoms with Crippen molar-refractivity contribution in [3.05, 3.63) is 55.6 Å². The summed E-state index contributed by atoms with van der Waals surface area (Å²) in [6, 6.07) is 5.31. The van der Waals surface area contributed by atoms with Crippen molar-refractivity contribution in [3.63, 3.8) is 0 Å². The van der Waals surface area contributed by atoms with Gasteiger partial charge in [0.25, 0.3) is 5.91 Å². The molecule has 4 N–H and O–H groups in total. The van der Waals surface area contributed by atoms with E-state index in [1.54, 1.807) is 23.6 Å². The standard InChI is InChI=1S/C15H15N3O2S/c1-10-7-12(5-4-11(10)3-2-6-16)14(19)17-8-13-9-21-15(20)18-13/h4-5,7,9H,6,8,16H2,1H3,(H,17,19)(H,18,20). The minimum Gasteiger partial charge on any atom is -0.346 e. The molecule has 0 spiro atoms. The maximum Gasteiger partial charge on any atom is 0.304 e. The van der Waals surface area contributed by atoms with Gasteiger partial charge in [0.15, 0.2) is 0 Å². The van der Waals surface area contributed by atoms with Gasteiger partial charge in [-0.25, -0.2) is 0 Å². The van der Waals surface area contributed by atoms with Gasteiger partial charge in [0, 0.05) is 22.2 Å². The number of hydrogen-bond donors (Lipinski definition) is 3. The lowest BCUT2D eigenvalue weighted by Crippen LogP contribution is -2.23. The van der Waals surface area contributed by atoms with Crippen molar-refractivity contribution in [3.8, 4) is 11.8 Å². The minimum atomic E-state index is -0.191. The lowest BCUT2D eigenvalue weighted by atomic mass is 10.0. The molecule has 1 aromatic heterocycles. The predicted octanol–water partition coefficient (Wildman–Crippen LogP) is 0.985. The number of thiazole rings is 1. The molecule has 5 nitrogen and oxygen atoms in total. The molecule has 0 fully saturated rings. The van der Waals surface area contributed by atoms with Gasteiger partial charge in [-0.3, -0.25) is 9.59 Å². The number of nitrogens with two attached hydrogens (primary N) is 1. The van der Waals surface area contributed by atoms with Gasteiger partial charge in [0.05, 0.1) is 13.1 Å². The average molecular weight is 301 g/mol. The number of nitrogens with one attached hydrogen (secondary N) is 2. The first-order valence-electron chi connectivity index (χ1n) is 6.34. The molecular weight excluding hydrogens is 286 g/mol. The molecule has 21 heavy (non-hydrogen) atoms. The van der Waals surface area contributed by atoms with Gasteiger partial charge >= 0.3 is 4.87 Å². The number of aryl methyl sites for hydroxylation is 1. The van der Waals surface area contributed by atoms with Gasteiger partial charge < -0.3 is 16.0 Å². The van der Waals surface area contributed by atoms with E-state index >= 15 is 0 Å². The summed E-state index contributed by atoms with van der Waals surface area (Å²) < 4.78 is 0. The van der Waals surface area contributed by atoms with Crippen LogP contribution < -0.4 is 15.9 Å². The van der Waals surface area contributed by atoms with Crippen molar-refractivity contribution in [1.82, 2.24) is 10.3 Å². The number of carbonyl (C=O) groups excluding carboxylic acids is 1. The van der Waals surface area contributed by atoms with Gasteiger partial charge in [-0.1, -0.05) is 23.2 Å². The Hall–Kier alpha value is -2.36. The summed E-state index contributed by atoms with van der Waals surface area (Å²) in [4.78, 5) is 25.6. The van der Waals surface area contributed by atoms with E-state index in [0.29, 0.717) is 24.3 Å². The van der Waals surface area contributed by atoms with Crippen LogP contribution >= 0.6 is 11.3 Å². The zero-order valence-corrected chi connectivity index (χ0v) is 12.3. The van der Waals surface area contributed by atoms with E-state index in [9.17, 15) is 9.59 Å². The highest BCUT2D eigenvalue weighted by molar-refractivity contribution is 7.07. The monoisotopic (exact) mass is 301 g/mol. The van der Waals surface area contributed by atoms with Gasteiger partial charge in [-0.15, -0.1) is 0 Å². The third-order valence-electron chi connectivity index (χ3n) is 2.82. The van der Waals surface area contributed by atoms with Crippen molar-refractivity contribution in [2.24, 2.45) is 5.73 Å². The number of benzene rings is 1. The molecule has 0 aliphatic rings. The molecule has 0 aliphatic heterocycles. The summed E-state index contributed by atoms with van der Waals surface area (Å²) in [6.45, 7) is 2.50. The lowest BCUT2D eigenvalue weighted by molar-refractivity contribution is 0.0950. The fraction of sp³-hybridized carbons (Fsp3) is 0.200. The smallest absolute Gasteiger partial charge is 0.304 e. The van der Waals surface area contributed by atoms with Crippen LogP contribution in [0, 0.1) is 18.8 Å². The Morgan fingerprint density at radius 2 is 2.29 bits per heavy atom. The fourth-order valence-corrected chi connectivity index (χ4v) is 2.35. The number of aromatic amines is 1. The first kappa shape index (κ1) is 15.0. The van der Waals surface area contributed by atoms with Crippen molar-refractivity contribution < 1.29 is 4.79 Å². The summed E-state index contributed by atoms with van der Waals surface area (Å²) in [5.74, 6) is 5.55. The second kappa shape index (κ2) is 6.88. The fourth-order valence-electron chi connectivity index (χ4n) is 1.77. The van der Waals surface area contributed by atoms with Crippen LogP contribution in [0.5, 0.6) is 0 Å². The van der Waals surface area contributed by atoms with E-state index in [4.69, 9.17) is 5.73 Å². The van der Waals surface area contributed by atoms with Gasteiger partial charge in [-0.2, -0.15) is 0 Å². The van der Waals surface area contributed by atoms with Gasteiger partial charge in [0.2, 0.25) is 0 Å². The number of carbonyl (C=O) groups is 1. The first-order chi connectivity index (χ1) is 10.1. The molecule has 0 saturated carbocycles. The largest absolute Gasteiger partial charge is 0.346 e. The Morgan fingerprint density at radius 3 is 2.90 bits per heavy atom. The minimum absolute atomic E-state index is 0.127. The topological polar surface area (TPSA) is 88.0 Å². The van der Waals surface area contributed by atoms with E-state index in [2.05, 4.69) is 22.1 Å². The second-order valence-corrected chi connectivity index (χ2v) is 5.23. The van der Waals surface area contributed by atoms with Crippen LogP contribution in [-0.2, 0) is 6.54 Å². The van der Waals surface area contributed by atoms with E-state index in [1.165, 1.54) is 0 Å². The van der Waals surface area contributed by atoms with Crippen LogP contribution in [0.1, 0.15) is 27.2 Å². The highest BCUT2D eigenvalue weighted by Crippen LogP contribution is 2.10. The summed E-state index contributed by atoms with van der Waals surface area (Å²) in [7, 11) is 0. The van der Waals surface area contributed by atoms with Crippen molar-refractivity contribution in [2.75, 3.05) is 6.54 Å². The highest BCUT2D eigenvalue weighted by Gasteiger charge is 2.07. The molecule has 0 unspecified atom stereocenters. The van der Waals surface area contributed by atoms with Crippen LogP contribution in [0.3, 0.4) is 0 Å². The molecule has 2 rings (SSSR count). The molecule has 0 bridgehead atoms. The SMILES string of the molecule is Cc1cc(C(=O)NCc2csc(=O)[nH]2)ccc1C#CCN. The van der Waals surface area contributed by atoms with Crippen LogP contribution in [0.2, 0.25) is 0 Å². The number of rotatable bonds is 3. The van der Waals surface area contributed by atoms with Crippen LogP contribution in [0.4, 0.5) is 0 Å². The molecule has 0 atom stereocenters. The zero-order valence-electron chi connectivity index (χ0n) is 11.5. The zero-order chi connectivity index (χ0) is 15.2. The number of H-pyrrole nitrogens is 1. The summed E-state index contributed by atoms with van der Waals surface area (Å²) in [5.41, 5.74) is 8.38. The molecule has 108 valence electrons. The number of amides is 1. The molecule has 0 radical (unpaired) electrons. The van der Waals surface area contributed by atoms with Crippen molar-refractivity contribution in [2.45, 2.75) is 13.5 Å². The normalized spacial score (nSPS) is 9.81. The molecule has 1 aromatic carbocycles. The van der Waals surface area contributed by atoms with Gasteiger partial charge in [0.1, 0.15) is 0 Å².